The van der Waals surface area contributed by atoms with Crippen molar-refractivity contribution in [3.8, 4) is 0 Å². The highest BCUT2D eigenvalue weighted by Crippen LogP contribution is 2.44. The Balaban J connectivity index is 1.34. The zero-order valence-electron chi connectivity index (χ0n) is 24.7. The minimum absolute atomic E-state index is 0.0227. The number of carbonyl (C=O) groups is 2. The normalized spacial score (nSPS) is 24.1. The molecule has 0 spiro atoms. The molecule has 2 heterocycles. The van der Waals surface area contributed by atoms with Gasteiger partial charge < -0.3 is 32.3 Å². The van der Waals surface area contributed by atoms with Crippen LogP contribution in [0.2, 0.25) is 0 Å². The fourth-order valence-electron chi connectivity index (χ4n) is 6.95. The molecule has 0 aromatic heterocycles. The van der Waals surface area contributed by atoms with Gasteiger partial charge in [-0.3, -0.25) is 14.6 Å². The monoisotopic (exact) mass is 564 g/mol. The summed E-state index contributed by atoms with van der Waals surface area (Å²) in [4.78, 5) is 38.6. The molecular formula is C31H48N8O2. The van der Waals surface area contributed by atoms with E-state index in [-0.39, 0.29) is 29.7 Å². The highest BCUT2D eigenvalue weighted by molar-refractivity contribution is 6.06. The van der Waals surface area contributed by atoms with Crippen LogP contribution in [0.4, 0.5) is 11.4 Å². The van der Waals surface area contributed by atoms with Crippen molar-refractivity contribution in [2.75, 3.05) is 31.1 Å². The maximum Gasteiger partial charge on any atom is 0.236 e. The first-order chi connectivity index (χ1) is 19.7. The second-order valence-electron chi connectivity index (χ2n) is 12.3. The third-order valence-electron chi connectivity index (χ3n) is 9.41. The number of nitrogens with two attached hydrogens (primary N) is 3. The fraction of sp³-hybridized carbons (Fsp3) is 0.677. The molecule has 10 nitrogen and oxygen atoms in total. The lowest BCUT2D eigenvalue weighted by Crippen LogP contribution is -2.50. The number of nitrogens with one attached hydrogen (secondary N) is 1. The quantitative estimate of drug-likeness (QED) is 0.140. The van der Waals surface area contributed by atoms with Crippen molar-refractivity contribution in [1.29, 1.82) is 0 Å². The fourth-order valence-corrected chi connectivity index (χ4v) is 6.95. The van der Waals surface area contributed by atoms with E-state index >= 15 is 0 Å². The van der Waals surface area contributed by atoms with Crippen molar-refractivity contribution in [2.45, 2.75) is 95.7 Å². The van der Waals surface area contributed by atoms with Gasteiger partial charge in [-0.05, 0) is 81.3 Å². The molecule has 0 radical (unpaired) electrons. The Morgan fingerprint density at radius 3 is 2.46 bits per heavy atom. The number of hydrogen-bond donors (Lipinski definition) is 4. The minimum atomic E-state index is -0.661. The summed E-state index contributed by atoms with van der Waals surface area (Å²) in [5, 5.41) is 2.90. The van der Waals surface area contributed by atoms with Crippen LogP contribution >= 0.6 is 0 Å². The SMILES string of the molecule is [C-]#[N+]c1ccc2c(c1)C(CCNC(=O)[C@@H](N)CCCN=C(N)N)C(=O)N2C1CCN(C2CCC(C(C)C)CC2)CC1. The molecule has 7 N–H and O–H groups in total. The molecule has 2 atom stereocenters. The lowest BCUT2D eigenvalue weighted by atomic mass is 9.79. The van der Waals surface area contributed by atoms with Gasteiger partial charge in [-0.25, -0.2) is 4.85 Å². The molecule has 2 fully saturated rings. The molecule has 1 saturated heterocycles. The van der Waals surface area contributed by atoms with Gasteiger partial charge in [0.05, 0.1) is 18.5 Å². The van der Waals surface area contributed by atoms with Crippen LogP contribution in [-0.2, 0) is 9.59 Å². The highest BCUT2D eigenvalue weighted by atomic mass is 16.2. The molecule has 0 bridgehead atoms. The van der Waals surface area contributed by atoms with Gasteiger partial charge in [0.25, 0.3) is 0 Å². The standard InChI is InChI=1S/C31H48N8O2/c1-20(2)21-6-9-23(10-7-21)38-17-13-24(14-18-38)39-28-11-8-22(35-3)19-26(28)25(30(39)41)12-16-36-29(40)27(32)5-4-15-37-31(33)34/h8,11,19-21,23-25,27H,4-7,9-10,12-18,32H2,1-2H3,(H,36,40)(H4,33,34,37)/t21?,23?,25?,27-/m0/s1. The summed E-state index contributed by atoms with van der Waals surface area (Å²) in [7, 11) is 0. The molecule has 10 heteroatoms. The van der Waals surface area contributed by atoms with Crippen LogP contribution in [0.3, 0.4) is 0 Å². The lowest BCUT2D eigenvalue weighted by molar-refractivity contribution is -0.123. The maximum absolute atomic E-state index is 13.8. The number of fused-ring (bicyclic) bond motifs is 1. The minimum Gasteiger partial charge on any atom is -0.370 e. The molecule has 2 aliphatic heterocycles. The number of rotatable bonds is 11. The number of benzene rings is 1. The molecule has 4 rings (SSSR count). The van der Waals surface area contributed by atoms with Crippen LogP contribution in [0, 0.1) is 18.4 Å². The summed E-state index contributed by atoms with van der Waals surface area (Å²) in [6.07, 6.45) is 8.67. The lowest BCUT2D eigenvalue weighted by Gasteiger charge is -2.43. The van der Waals surface area contributed by atoms with E-state index < -0.39 is 6.04 Å². The molecule has 1 aromatic rings. The zero-order valence-corrected chi connectivity index (χ0v) is 24.7. The smallest absolute Gasteiger partial charge is 0.236 e. The van der Waals surface area contributed by atoms with Gasteiger partial charge in [-0.1, -0.05) is 26.0 Å². The Bertz CT molecular complexity index is 1130. The van der Waals surface area contributed by atoms with Crippen LogP contribution in [0.1, 0.15) is 83.1 Å². The van der Waals surface area contributed by atoms with Crippen molar-refractivity contribution in [2.24, 2.45) is 34.0 Å². The Morgan fingerprint density at radius 1 is 1.12 bits per heavy atom. The van der Waals surface area contributed by atoms with Crippen molar-refractivity contribution < 1.29 is 9.59 Å². The number of aliphatic imine (C=N–C) groups is 1. The number of anilines is 1. The van der Waals surface area contributed by atoms with Gasteiger partial charge in [-0.15, -0.1) is 0 Å². The van der Waals surface area contributed by atoms with Gasteiger partial charge in [0.15, 0.2) is 11.6 Å². The molecular weight excluding hydrogens is 516 g/mol. The summed E-state index contributed by atoms with van der Waals surface area (Å²) in [6, 6.07) is 5.76. The molecule has 3 aliphatic rings. The maximum atomic E-state index is 13.8. The molecule has 1 unspecified atom stereocenters. The van der Waals surface area contributed by atoms with E-state index in [0.717, 1.165) is 49.0 Å². The van der Waals surface area contributed by atoms with Crippen LogP contribution in [0.15, 0.2) is 23.2 Å². The third kappa shape index (κ3) is 7.57. The van der Waals surface area contributed by atoms with E-state index in [2.05, 4.69) is 33.9 Å². The first kappa shape index (κ1) is 30.8. The van der Waals surface area contributed by atoms with Gasteiger partial charge >= 0.3 is 0 Å². The average molecular weight is 565 g/mol. The Kier molecular flexibility index (Phi) is 10.6. The van der Waals surface area contributed by atoms with Gasteiger partial charge in [0, 0.05) is 44.0 Å². The number of hydrogen-bond acceptors (Lipinski definition) is 5. The summed E-state index contributed by atoms with van der Waals surface area (Å²) >= 11 is 0. The number of nitrogens with zero attached hydrogens (tertiary/aromatic N) is 4. The highest BCUT2D eigenvalue weighted by Gasteiger charge is 2.42. The summed E-state index contributed by atoms with van der Waals surface area (Å²) in [5.41, 5.74) is 19.1. The number of amides is 2. The van der Waals surface area contributed by atoms with Crippen LogP contribution in [0.5, 0.6) is 0 Å². The van der Waals surface area contributed by atoms with Crippen molar-refractivity contribution in [3.63, 3.8) is 0 Å². The number of guanidine groups is 1. The first-order valence-electron chi connectivity index (χ1n) is 15.4. The van der Waals surface area contributed by atoms with Crippen molar-refractivity contribution >= 4 is 29.1 Å². The van der Waals surface area contributed by atoms with E-state index in [1.807, 2.05) is 17.0 Å². The van der Waals surface area contributed by atoms with E-state index in [1.54, 1.807) is 6.07 Å². The van der Waals surface area contributed by atoms with Gasteiger partial charge in [0.2, 0.25) is 11.8 Å². The second-order valence-corrected chi connectivity index (χ2v) is 12.3. The Hall–Kier alpha value is -3.16. The topological polar surface area (TPSA) is 147 Å². The number of likely N-dealkylation sites (tertiary alicyclic amines) is 1. The predicted molar refractivity (Wildman–Crippen MR) is 164 cm³/mol. The summed E-state index contributed by atoms with van der Waals surface area (Å²) in [6.45, 7) is 15.0. The van der Waals surface area contributed by atoms with E-state index in [1.165, 1.54) is 25.7 Å². The number of piperidine rings is 1. The van der Waals surface area contributed by atoms with Crippen molar-refractivity contribution in [1.82, 2.24) is 10.2 Å². The van der Waals surface area contributed by atoms with E-state index in [0.29, 0.717) is 44.1 Å². The largest absolute Gasteiger partial charge is 0.370 e. The van der Waals surface area contributed by atoms with Crippen LogP contribution < -0.4 is 27.4 Å². The molecule has 1 aliphatic carbocycles. The third-order valence-corrected chi connectivity index (χ3v) is 9.41. The molecule has 1 aromatic carbocycles. The zero-order chi connectivity index (χ0) is 29.5. The second kappa shape index (κ2) is 14.1. The summed E-state index contributed by atoms with van der Waals surface area (Å²) < 4.78 is 0. The Labute approximate surface area is 244 Å². The molecule has 1 saturated carbocycles. The van der Waals surface area contributed by atoms with Crippen LogP contribution in [0.25, 0.3) is 4.85 Å². The molecule has 2 amide bonds. The molecule has 224 valence electrons. The van der Waals surface area contributed by atoms with E-state index in [4.69, 9.17) is 23.8 Å². The van der Waals surface area contributed by atoms with Crippen molar-refractivity contribution in [3.05, 3.63) is 35.2 Å². The van der Waals surface area contributed by atoms with Gasteiger partial charge in [0.1, 0.15) is 0 Å². The Morgan fingerprint density at radius 2 is 1.83 bits per heavy atom. The average Bonchev–Trinajstić information content (AvgIpc) is 3.25. The van der Waals surface area contributed by atoms with E-state index in [9.17, 15) is 9.59 Å². The predicted octanol–water partition coefficient (Wildman–Crippen LogP) is 3.23. The number of carbonyl (C=O) groups excluding carboxylic acids is 2. The molecule has 41 heavy (non-hydrogen) atoms. The summed E-state index contributed by atoms with van der Waals surface area (Å²) in [5.74, 6) is 1.10. The first-order valence-corrected chi connectivity index (χ1v) is 15.4. The van der Waals surface area contributed by atoms with Gasteiger partial charge in [-0.2, -0.15) is 0 Å². The van der Waals surface area contributed by atoms with Crippen LogP contribution in [-0.4, -0.2) is 67.0 Å².